The second kappa shape index (κ2) is 10.1. The molecule has 0 heterocycles. The van der Waals surface area contributed by atoms with Crippen LogP contribution < -0.4 is 5.73 Å². The van der Waals surface area contributed by atoms with Gasteiger partial charge in [0.1, 0.15) is 6.04 Å². The van der Waals surface area contributed by atoms with Crippen LogP contribution in [-0.4, -0.2) is 31.2 Å². The summed E-state index contributed by atoms with van der Waals surface area (Å²) in [7, 11) is 0. The Morgan fingerprint density at radius 1 is 1.06 bits per heavy atom. The summed E-state index contributed by atoms with van der Waals surface area (Å²) < 4.78 is 9.80. The Hall–Kier alpha value is -1.10. The van der Waals surface area contributed by atoms with E-state index in [-0.39, 0.29) is 6.42 Å². The number of unbranched alkanes of at least 4 members (excludes halogenated alkanes) is 2. The molecule has 0 unspecified atom stereocenters. The molecule has 0 aliphatic carbocycles. The van der Waals surface area contributed by atoms with E-state index >= 15 is 0 Å². The molecule has 2 N–H and O–H groups in total. The highest BCUT2D eigenvalue weighted by Gasteiger charge is 2.19. The first-order valence-electron chi connectivity index (χ1n) is 6.19. The summed E-state index contributed by atoms with van der Waals surface area (Å²) in [5, 5.41) is 0. The third-order valence-corrected chi connectivity index (χ3v) is 2.19. The number of hydrogen-bond acceptors (Lipinski definition) is 5. The lowest BCUT2D eigenvalue weighted by Crippen LogP contribution is -2.35. The smallest absolute Gasteiger partial charge is 0.323 e. The first-order valence-corrected chi connectivity index (χ1v) is 6.19. The zero-order valence-electron chi connectivity index (χ0n) is 10.7. The zero-order valence-corrected chi connectivity index (χ0v) is 10.7. The summed E-state index contributed by atoms with van der Waals surface area (Å²) in [6.45, 7) is 4.74. The Morgan fingerprint density at radius 2 is 1.59 bits per heavy atom. The van der Waals surface area contributed by atoms with Crippen LogP contribution in [0, 0.1) is 0 Å². The van der Waals surface area contributed by atoms with Crippen molar-refractivity contribution < 1.29 is 19.1 Å². The predicted molar refractivity (Wildman–Crippen MR) is 64.3 cm³/mol. The Bertz CT molecular complexity index is 231. The number of esters is 2. The number of carbonyl (C=O) groups is 2. The average Bonchev–Trinajstić information content (AvgIpc) is 2.29. The number of hydrogen-bond donors (Lipinski definition) is 1. The maximum atomic E-state index is 11.3. The minimum Gasteiger partial charge on any atom is -0.466 e. The molecule has 0 radical (unpaired) electrons. The highest BCUT2D eigenvalue weighted by atomic mass is 16.5. The normalized spacial score (nSPS) is 11.9. The molecule has 5 heteroatoms. The van der Waals surface area contributed by atoms with Crippen molar-refractivity contribution in [3.8, 4) is 0 Å². The van der Waals surface area contributed by atoms with Crippen molar-refractivity contribution in [2.75, 3.05) is 13.2 Å². The maximum Gasteiger partial charge on any atom is 0.323 e. The predicted octanol–water partition coefficient (Wildman–Crippen LogP) is 1.39. The van der Waals surface area contributed by atoms with Crippen LogP contribution in [0.4, 0.5) is 0 Å². The van der Waals surface area contributed by atoms with E-state index in [0.29, 0.717) is 13.2 Å². The van der Waals surface area contributed by atoms with Crippen molar-refractivity contribution in [1.82, 2.24) is 0 Å². The molecule has 100 valence electrons. The third-order valence-electron chi connectivity index (χ3n) is 2.19. The summed E-state index contributed by atoms with van der Waals surface area (Å²) >= 11 is 0. The van der Waals surface area contributed by atoms with Crippen molar-refractivity contribution in [3.63, 3.8) is 0 Å². The van der Waals surface area contributed by atoms with E-state index in [9.17, 15) is 9.59 Å². The number of ether oxygens (including phenoxy) is 2. The highest BCUT2D eigenvalue weighted by molar-refractivity contribution is 5.82. The van der Waals surface area contributed by atoms with Crippen LogP contribution in [0.2, 0.25) is 0 Å². The van der Waals surface area contributed by atoms with Crippen molar-refractivity contribution in [1.29, 1.82) is 0 Å². The molecule has 0 spiro atoms. The Labute approximate surface area is 103 Å². The van der Waals surface area contributed by atoms with Gasteiger partial charge in [-0.1, -0.05) is 26.7 Å². The fraction of sp³-hybridized carbons (Fsp3) is 0.833. The molecule has 0 aliphatic heterocycles. The van der Waals surface area contributed by atoms with Crippen LogP contribution >= 0.6 is 0 Å². The topological polar surface area (TPSA) is 78.6 Å². The number of carbonyl (C=O) groups excluding carboxylic acids is 2. The molecular weight excluding hydrogens is 222 g/mol. The molecule has 0 fully saturated rings. The molecule has 0 aliphatic rings. The summed E-state index contributed by atoms with van der Waals surface area (Å²) in [4.78, 5) is 22.6. The summed E-state index contributed by atoms with van der Waals surface area (Å²) in [6, 6.07) is -0.916. The van der Waals surface area contributed by atoms with Gasteiger partial charge in [0, 0.05) is 0 Å². The van der Waals surface area contributed by atoms with Crippen LogP contribution in [0.3, 0.4) is 0 Å². The Morgan fingerprint density at radius 3 is 2.12 bits per heavy atom. The fourth-order valence-corrected chi connectivity index (χ4v) is 1.08. The summed E-state index contributed by atoms with van der Waals surface area (Å²) in [6.07, 6.45) is 3.41. The molecule has 0 aromatic heterocycles. The molecule has 0 aromatic rings. The van der Waals surface area contributed by atoms with Gasteiger partial charge in [0.25, 0.3) is 0 Å². The standard InChI is InChI=1S/C12H23NO4/c1-3-5-7-16-11(14)9-10(13)12(15)17-8-6-4-2/h10H,3-9,13H2,1-2H3/t10-/m0/s1. The summed E-state index contributed by atoms with van der Waals surface area (Å²) in [5.74, 6) is -0.982. The van der Waals surface area contributed by atoms with Crippen molar-refractivity contribution in [2.24, 2.45) is 5.73 Å². The maximum absolute atomic E-state index is 11.3. The van der Waals surface area contributed by atoms with Crippen molar-refractivity contribution in [2.45, 2.75) is 52.0 Å². The Kier molecular flexibility index (Phi) is 9.43. The SMILES string of the molecule is CCCCOC(=O)C[C@H](N)C(=O)OCCCC. The van der Waals surface area contributed by atoms with E-state index in [1.807, 2.05) is 13.8 Å². The van der Waals surface area contributed by atoms with Gasteiger partial charge in [-0.3, -0.25) is 9.59 Å². The highest BCUT2D eigenvalue weighted by Crippen LogP contribution is 1.98. The molecule has 0 aromatic carbocycles. The molecule has 0 amide bonds. The first kappa shape index (κ1) is 15.9. The third kappa shape index (κ3) is 8.68. The van der Waals surface area contributed by atoms with Gasteiger partial charge < -0.3 is 15.2 Å². The quantitative estimate of drug-likeness (QED) is 0.490. The average molecular weight is 245 g/mol. The van der Waals surface area contributed by atoms with Gasteiger partial charge in [-0.05, 0) is 12.8 Å². The second-order valence-corrected chi connectivity index (χ2v) is 3.91. The number of rotatable bonds is 9. The van der Waals surface area contributed by atoms with Crippen LogP contribution in [0.1, 0.15) is 46.0 Å². The lowest BCUT2D eigenvalue weighted by atomic mass is 10.2. The van der Waals surface area contributed by atoms with E-state index in [0.717, 1.165) is 25.7 Å². The van der Waals surface area contributed by atoms with Gasteiger partial charge in [-0.25, -0.2) is 0 Å². The van der Waals surface area contributed by atoms with Gasteiger partial charge in [-0.15, -0.1) is 0 Å². The monoisotopic (exact) mass is 245 g/mol. The molecule has 0 bridgehead atoms. The van der Waals surface area contributed by atoms with Crippen LogP contribution in [0.25, 0.3) is 0 Å². The van der Waals surface area contributed by atoms with E-state index in [1.54, 1.807) is 0 Å². The van der Waals surface area contributed by atoms with Crippen LogP contribution in [0.5, 0.6) is 0 Å². The van der Waals surface area contributed by atoms with Gasteiger partial charge in [0.05, 0.1) is 19.6 Å². The summed E-state index contributed by atoms with van der Waals surface area (Å²) in [5.41, 5.74) is 5.53. The van der Waals surface area contributed by atoms with Gasteiger partial charge in [0.15, 0.2) is 0 Å². The number of nitrogens with two attached hydrogens (primary N) is 1. The van der Waals surface area contributed by atoms with E-state index < -0.39 is 18.0 Å². The van der Waals surface area contributed by atoms with Crippen molar-refractivity contribution >= 4 is 11.9 Å². The molecule has 0 saturated heterocycles. The van der Waals surface area contributed by atoms with E-state index in [4.69, 9.17) is 15.2 Å². The minimum absolute atomic E-state index is 0.116. The van der Waals surface area contributed by atoms with Crippen LogP contribution in [-0.2, 0) is 19.1 Å². The van der Waals surface area contributed by atoms with Crippen LogP contribution in [0.15, 0.2) is 0 Å². The first-order chi connectivity index (χ1) is 8.11. The zero-order chi connectivity index (χ0) is 13.1. The van der Waals surface area contributed by atoms with Gasteiger partial charge in [0.2, 0.25) is 0 Å². The lowest BCUT2D eigenvalue weighted by Gasteiger charge is -2.10. The minimum atomic E-state index is -0.916. The molecule has 17 heavy (non-hydrogen) atoms. The second-order valence-electron chi connectivity index (χ2n) is 3.91. The molecule has 1 atom stereocenters. The van der Waals surface area contributed by atoms with E-state index in [1.165, 1.54) is 0 Å². The molecule has 0 saturated carbocycles. The largest absolute Gasteiger partial charge is 0.466 e. The fourth-order valence-electron chi connectivity index (χ4n) is 1.08. The van der Waals surface area contributed by atoms with Gasteiger partial charge >= 0.3 is 11.9 Å². The van der Waals surface area contributed by atoms with Gasteiger partial charge in [-0.2, -0.15) is 0 Å². The Balaban J connectivity index is 3.71. The lowest BCUT2D eigenvalue weighted by molar-refractivity contribution is -0.152. The molecule has 5 nitrogen and oxygen atoms in total. The van der Waals surface area contributed by atoms with Crippen molar-refractivity contribution in [3.05, 3.63) is 0 Å². The molecular formula is C12H23NO4. The molecule has 0 rings (SSSR count). The van der Waals surface area contributed by atoms with E-state index in [2.05, 4.69) is 0 Å².